The minimum atomic E-state index is -0.676. The van der Waals surface area contributed by atoms with Crippen LogP contribution in [0.1, 0.15) is 28.4 Å². The molecule has 17 heavy (non-hydrogen) atoms. The Labute approximate surface area is 100 Å². The minimum Gasteiger partial charge on any atom is -0.449 e. The highest BCUT2D eigenvalue weighted by molar-refractivity contribution is 5.95. The summed E-state index contributed by atoms with van der Waals surface area (Å²) >= 11 is 0. The van der Waals surface area contributed by atoms with Crippen LogP contribution in [0, 0.1) is 13.8 Å². The number of hydrazine groups is 1. The molecule has 92 valence electrons. The summed E-state index contributed by atoms with van der Waals surface area (Å²) in [6, 6.07) is 5.46. The third-order valence-corrected chi connectivity index (χ3v) is 2.04. The maximum Gasteiger partial charge on any atom is 0.426 e. The lowest BCUT2D eigenvalue weighted by Crippen LogP contribution is -2.41. The number of hydrogen-bond acceptors (Lipinski definition) is 3. The normalized spacial score (nSPS) is 9.59. The van der Waals surface area contributed by atoms with Gasteiger partial charge in [0.05, 0.1) is 6.61 Å². The molecule has 0 saturated heterocycles. The number of carbonyl (C=O) groups is 2. The van der Waals surface area contributed by atoms with Crippen molar-refractivity contribution in [3.05, 3.63) is 34.9 Å². The molecule has 0 unspecified atom stereocenters. The second-order valence-corrected chi connectivity index (χ2v) is 3.68. The minimum absolute atomic E-state index is 0.255. The Bertz CT molecular complexity index is 410. The van der Waals surface area contributed by atoms with Crippen molar-refractivity contribution < 1.29 is 14.3 Å². The molecule has 0 heterocycles. The third-order valence-electron chi connectivity index (χ3n) is 2.04. The Hall–Kier alpha value is -2.04. The van der Waals surface area contributed by atoms with Gasteiger partial charge in [-0.05, 0) is 32.9 Å². The molecule has 5 nitrogen and oxygen atoms in total. The van der Waals surface area contributed by atoms with Crippen molar-refractivity contribution in [2.45, 2.75) is 20.8 Å². The fourth-order valence-electron chi connectivity index (χ4n) is 1.45. The summed E-state index contributed by atoms with van der Waals surface area (Å²) in [4.78, 5) is 22.6. The van der Waals surface area contributed by atoms with E-state index in [1.54, 1.807) is 19.1 Å². The average Bonchev–Trinajstić information content (AvgIpc) is 2.25. The van der Waals surface area contributed by atoms with Gasteiger partial charge in [-0.15, -0.1) is 0 Å². The second kappa shape index (κ2) is 5.89. The van der Waals surface area contributed by atoms with Gasteiger partial charge >= 0.3 is 6.09 Å². The summed E-state index contributed by atoms with van der Waals surface area (Å²) in [5.74, 6) is -0.371. The lowest BCUT2D eigenvalue weighted by Gasteiger charge is -2.08. The highest BCUT2D eigenvalue weighted by Gasteiger charge is 2.08. The van der Waals surface area contributed by atoms with Gasteiger partial charge in [0.15, 0.2) is 0 Å². The zero-order chi connectivity index (χ0) is 12.8. The largest absolute Gasteiger partial charge is 0.449 e. The zero-order valence-corrected chi connectivity index (χ0v) is 10.2. The van der Waals surface area contributed by atoms with Gasteiger partial charge in [0.25, 0.3) is 5.91 Å². The first-order chi connectivity index (χ1) is 8.02. The molecule has 5 heteroatoms. The SMILES string of the molecule is CCOC(=O)NNC(=O)c1cc(C)cc(C)c1. The van der Waals surface area contributed by atoms with Crippen molar-refractivity contribution in [1.82, 2.24) is 10.9 Å². The molecule has 0 saturated carbocycles. The van der Waals surface area contributed by atoms with E-state index >= 15 is 0 Å². The Balaban J connectivity index is 2.61. The van der Waals surface area contributed by atoms with Crippen molar-refractivity contribution >= 4 is 12.0 Å². The van der Waals surface area contributed by atoms with Gasteiger partial charge in [-0.2, -0.15) is 0 Å². The maximum absolute atomic E-state index is 11.7. The van der Waals surface area contributed by atoms with Crippen LogP contribution in [0.2, 0.25) is 0 Å². The van der Waals surface area contributed by atoms with Crippen molar-refractivity contribution in [1.29, 1.82) is 0 Å². The molecule has 0 aliphatic carbocycles. The van der Waals surface area contributed by atoms with E-state index in [4.69, 9.17) is 0 Å². The first kappa shape index (κ1) is 13.0. The smallest absolute Gasteiger partial charge is 0.426 e. The van der Waals surface area contributed by atoms with E-state index in [9.17, 15) is 9.59 Å². The van der Waals surface area contributed by atoms with E-state index < -0.39 is 6.09 Å². The molecule has 0 aliphatic heterocycles. The fraction of sp³-hybridized carbons (Fsp3) is 0.333. The van der Waals surface area contributed by atoms with Crippen LogP contribution in [-0.4, -0.2) is 18.6 Å². The molecule has 1 aromatic rings. The number of nitrogens with one attached hydrogen (secondary N) is 2. The summed E-state index contributed by atoms with van der Waals surface area (Å²) in [5.41, 5.74) is 6.92. The van der Waals surface area contributed by atoms with Crippen LogP contribution in [0.25, 0.3) is 0 Å². The molecule has 0 aliphatic rings. The molecule has 2 N–H and O–H groups in total. The number of amides is 2. The Morgan fingerprint density at radius 3 is 2.24 bits per heavy atom. The van der Waals surface area contributed by atoms with Gasteiger partial charge in [0, 0.05) is 5.56 Å². The maximum atomic E-state index is 11.7. The van der Waals surface area contributed by atoms with E-state index in [2.05, 4.69) is 15.6 Å². The number of benzene rings is 1. The van der Waals surface area contributed by atoms with E-state index in [1.165, 1.54) is 0 Å². The topological polar surface area (TPSA) is 67.4 Å². The summed E-state index contributed by atoms with van der Waals surface area (Å²) < 4.78 is 4.61. The van der Waals surface area contributed by atoms with E-state index in [-0.39, 0.29) is 12.5 Å². The highest BCUT2D eigenvalue weighted by Crippen LogP contribution is 2.08. The Morgan fingerprint density at radius 2 is 1.71 bits per heavy atom. The monoisotopic (exact) mass is 236 g/mol. The fourth-order valence-corrected chi connectivity index (χ4v) is 1.45. The highest BCUT2D eigenvalue weighted by atomic mass is 16.5. The van der Waals surface area contributed by atoms with E-state index in [0.29, 0.717) is 5.56 Å². The molecule has 0 fully saturated rings. The van der Waals surface area contributed by atoms with Gasteiger partial charge in [-0.3, -0.25) is 10.2 Å². The van der Waals surface area contributed by atoms with E-state index in [0.717, 1.165) is 11.1 Å². The van der Waals surface area contributed by atoms with Crippen molar-refractivity contribution in [2.24, 2.45) is 0 Å². The third kappa shape index (κ3) is 4.14. The molecule has 0 atom stereocenters. The standard InChI is InChI=1S/C12H16N2O3/c1-4-17-12(16)14-13-11(15)10-6-8(2)5-9(3)7-10/h5-7H,4H2,1-3H3,(H,13,15)(H,14,16). The van der Waals surface area contributed by atoms with Crippen molar-refractivity contribution in [2.75, 3.05) is 6.61 Å². The van der Waals surface area contributed by atoms with Crippen molar-refractivity contribution in [3.63, 3.8) is 0 Å². The molecule has 0 radical (unpaired) electrons. The number of hydrogen-bond donors (Lipinski definition) is 2. The molecule has 0 spiro atoms. The van der Waals surface area contributed by atoms with Crippen LogP contribution in [0.5, 0.6) is 0 Å². The first-order valence-electron chi connectivity index (χ1n) is 5.34. The van der Waals surface area contributed by atoms with Crippen LogP contribution in [0.3, 0.4) is 0 Å². The molecule has 0 bridgehead atoms. The van der Waals surface area contributed by atoms with E-state index in [1.807, 2.05) is 19.9 Å². The summed E-state index contributed by atoms with van der Waals surface area (Å²) in [6.07, 6.45) is -0.676. The average molecular weight is 236 g/mol. The van der Waals surface area contributed by atoms with Gasteiger partial charge in [-0.1, -0.05) is 17.2 Å². The number of ether oxygens (including phenoxy) is 1. The lowest BCUT2D eigenvalue weighted by atomic mass is 10.1. The summed E-state index contributed by atoms with van der Waals surface area (Å²) in [6.45, 7) is 5.75. The molecule has 1 rings (SSSR count). The molecular formula is C12H16N2O3. The molecule has 1 aromatic carbocycles. The first-order valence-corrected chi connectivity index (χ1v) is 5.34. The van der Waals surface area contributed by atoms with Gasteiger partial charge < -0.3 is 4.74 Å². The lowest BCUT2D eigenvalue weighted by molar-refractivity contribution is 0.0912. The van der Waals surface area contributed by atoms with Crippen LogP contribution >= 0.6 is 0 Å². The Morgan fingerprint density at radius 1 is 1.12 bits per heavy atom. The van der Waals surface area contributed by atoms with Gasteiger partial charge in [-0.25, -0.2) is 10.2 Å². The predicted molar refractivity (Wildman–Crippen MR) is 63.5 cm³/mol. The second-order valence-electron chi connectivity index (χ2n) is 3.68. The molecular weight excluding hydrogens is 220 g/mol. The van der Waals surface area contributed by atoms with Crippen molar-refractivity contribution in [3.8, 4) is 0 Å². The van der Waals surface area contributed by atoms with Crippen LogP contribution in [-0.2, 0) is 4.74 Å². The van der Waals surface area contributed by atoms with Crippen LogP contribution in [0.15, 0.2) is 18.2 Å². The number of aryl methyl sites for hydroxylation is 2. The summed E-state index contributed by atoms with van der Waals surface area (Å²) in [5, 5.41) is 0. The zero-order valence-electron chi connectivity index (χ0n) is 10.2. The summed E-state index contributed by atoms with van der Waals surface area (Å²) in [7, 11) is 0. The van der Waals surface area contributed by atoms with Crippen LogP contribution in [0.4, 0.5) is 4.79 Å². The Kier molecular flexibility index (Phi) is 4.51. The number of carbonyl (C=O) groups excluding carboxylic acids is 2. The predicted octanol–water partition coefficient (Wildman–Crippen LogP) is 1.69. The number of rotatable bonds is 2. The molecule has 2 amide bonds. The quantitative estimate of drug-likeness (QED) is 0.768. The van der Waals surface area contributed by atoms with Gasteiger partial charge in [0.1, 0.15) is 0 Å². The molecule has 0 aromatic heterocycles. The van der Waals surface area contributed by atoms with Gasteiger partial charge in [0.2, 0.25) is 0 Å². The van der Waals surface area contributed by atoms with Crippen LogP contribution < -0.4 is 10.9 Å².